The van der Waals surface area contributed by atoms with Gasteiger partial charge in [0.1, 0.15) is 13.2 Å². The summed E-state index contributed by atoms with van der Waals surface area (Å²) in [6, 6.07) is 13.9. The number of benzene rings is 2. The minimum atomic E-state index is -0.0203. The molecule has 1 N–H and O–H groups in total. The molecule has 0 aromatic heterocycles. The third-order valence-corrected chi connectivity index (χ3v) is 5.01. The van der Waals surface area contributed by atoms with Crippen LogP contribution in [0.2, 0.25) is 5.02 Å². The van der Waals surface area contributed by atoms with Gasteiger partial charge in [-0.2, -0.15) is 11.8 Å². The average molecular weight is 378 g/mol. The normalized spacial score (nSPS) is 12.7. The smallest absolute Gasteiger partial charge is 0.224 e. The first kappa shape index (κ1) is 18.0. The SMILES string of the molecule is O=C(Cc1cc(Cl)c2c(c1)OCCO2)NCCSCc1ccccc1. The molecule has 132 valence electrons. The van der Waals surface area contributed by atoms with Crippen molar-refractivity contribution in [2.24, 2.45) is 0 Å². The van der Waals surface area contributed by atoms with Gasteiger partial charge >= 0.3 is 0 Å². The molecular weight excluding hydrogens is 358 g/mol. The number of hydrogen-bond donors (Lipinski definition) is 1. The molecular formula is C19H20ClNO3S. The molecule has 0 radical (unpaired) electrons. The molecule has 0 spiro atoms. The number of halogens is 1. The number of ether oxygens (including phenoxy) is 2. The van der Waals surface area contributed by atoms with Crippen LogP contribution in [0, 0.1) is 0 Å². The van der Waals surface area contributed by atoms with E-state index in [1.807, 2.05) is 24.3 Å². The highest BCUT2D eigenvalue weighted by Gasteiger charge is 2.17. The van der Waals surface area contributed by atoms with E-state index in [-0.39, 0.29) is 12.3 Å². The number of hydrogen-bond acceptors (Lipinski definition) is 4. The Balaban J connectivity index is 1.41. The maximum atomic E-state index is 12.1. The Morgan fingerprint density at radius 3 is 2.76 bits per heavy atom. The summed E-state index contributed by atoms with van der Waals surface area (Å²) in [5.74, 6) is 2.99. The zero-order valence-corrected chi connectivity index (χ0v) is 15.4. The summed E-state index contributed by atoms with van der Waals surface area (Å²) in [6.07, 6.45) is 0.277. The average Bonchev–Trinajstić information content (AvgIpc) is 2.62. The molecule has 0 atom stereocenters. The highest BCUT2D eigenvalue weighted by molar-refractivity contribution is 7.98. The van der Waals surface area contributed by atoms with Crippen molar-refractivity contribution < 1.29 is 14.3 Å². The van der Waals surface area contributed by atoms with E-state index in [0.717, 1.165) is 17.1 Å². The standard InChI is InChI=1S/C19H20ClNO3S/c20-16-10-15(11-17-19(16)24-8-7-23-17)12-18(22)21-6-9-25-13-14-4-2-1-3-5-14/h1-5,10-11H,6-9,12-13H2,(H,21,22). The van der Waals surface area contributed by atoms with Gasteiger partial charge in [0.15, 0.2) is 11.5 Å². The van der Waals surface area contributed by atoms with Gasteiger partial charge in [-0.15, -0.1) is 0 Å². The zero-order chi connectivity index (χ0) is 17.5. The summed E-state index contributed by atoms with van der Waals surface area (Å²) in [5, 5.41) is 3.43. The van der Waals surface area contributed by atoms with Crippen molar-refractivity contribution in [1.82, 2.24) is 5.32 Å². The summed E-state index contributed by atoms with van der Waals surface area (Å²) in [5.41, 5.74) is 2.12. The Kier molecular flexibility index (Phi) is 6.48. The molecule has 3 rings (SSSR count). The number of rotatable bonds is 7. The van der Waals surface area contributed by atoms with Crippen molar-refractivity contribution >= 4 is 29.3 Å². The maximum Gasteiger partial charge on any atom is 0.224 e. The van der Waals surface area contributed by atoms with Crippen LogP contribution >= 0.6 is 23.4 Å². The van der Waals surface area contributed by atoms with Crippen molar-refractivity contribution in [3.63, 3.8) is 0 Å². The third-order valence-electron chi connectivity index (χ3n) is 3.70. The number of fused-ring (bicyclic) bond motifs is 1. The van der Waals surface area contributed by atoms with Crippen molar-refractivity contribution in [3.8, 4) is 11.5 Å². The van der Waals surface area contributed by atoms with Crippen molar-refractivity contribution in [2.45, 2.75) is 12.2 Å². The van der Waals surface area contributed by atoms with Crippen molar-refractivity contribution in [1.29, 1.82) is 0 Å². The zero-order valence-electron chi connectivity index (χ0n) is 13.8. The lowest BCUT2D eigenvalue weighted by molar-refractivity contribution is -0.120. The lowest BCUT2D eigenvalue weighted by atomic mass is 10.1. The molecule has 6 heteroatoms. The minimum absolute atomic E-state index is 0.0203. The van der Waals surface area contributed by atoms with Gasteiger partial charge in [0.2, 0.25) is 5.91 Å². The molecule has 25 heavy (non-hydrogen) atoms. The summed E-state index contributed by atoms with van der Waals surface area (Å²) >= 11 is 8.00. The fourth-order valence-corrected chi connectivity index (χ4v) is 3.65. The lowest BCUT2D eigenvalue weighted by Gasteiger charge is -2.20. The number of amides is 1. The second-order valence-electron chi connectivity index (χ2n) is 5.67. The van der Waals surface area contributed by atoms with E-state index >= 15 is 0 Å². The van der Waals surface area contributed by atoms with Crippen LogP contribution in [-0.2, 0) is 17.0 Å². The molecule has 1 heterocycles. The van der Waals surface area contributed by atoms with Crippen LogP contribution in [0.15, 0.2) is 42.5 Å². The summed E-state index contributed by atoms with van der Waals surface area (Å²) in [6.45, 7) is 1.64. The Bertz CT molecular complexity index is 724. The molecule has 0 aliphatic carbocycles. The van der Waals surface area contributed by atoms with Gasteiger partial charge in [0.05, 0.1) is 11.4 Å². The summed E-state index contributed by atoms with van der Waals surface area (Å²) in [7, 11) is 0. The first-order chi connectivity index (χ1) is 12.2. The summed E-state index contributed by atoms with van der Waals surface area (Å²) in [4.78, 5) is 12.1. The van der Waals surface area contributed by atoms with E-state index in [1.54, 1.807) is 17.8 Å². The second-order valence-corrected chi connectivity index (χ2v) is 7.18. The third kappa shape index (κ3) is 5.31. The van der Waals surface area contributed by atoms with Crippen LogP contribution in [0.4, 0.5) is 0 Å². The van der Waals surface area contributed by atoms with E-state index in [2.05, 4.69) is 17.4 Å². The molecule has 0 fully saturated rings. The van der Waals surface area contributed by atoms with Crippen LogP contribution in [0.1, 0.15) is 11.1 Å². The predicted molar refractivity (Wildman–Crippen MR) is 102 cm³/mol. The monoisotopic (exact) mass is 377 g/mol. The lowest BCUT2D eigenvalue weighted by Crippen LogP contribution is -2.27. The van der Waals surface area contributed by atoms with E-state index in [0.29, 0.717) is 36.3 Å². The van der Waals surface area contributed by atoms with Crippen LogP contribution in [0.5, 0.6) is 11.5 Å². The highest BCUT2D eigenvalue weighted by Crippen LogP contribution is 2.38. The van der Waals surface area contributed by atoms with Crippen LogP contribution in [0.3, 0.4) is 0 Å². The number of carbonyl (C=O) groups excluding carboxylic acids is 1. The second kappa shape index (κ2) is 9.02. The quantitative estimate of drug-likeness (QED) is 0.747. The topological polar surface area (TPSA) is 47.6 Å². The molecule has 0 saturated heterocycles. The van der Waals surface area contributed by atoms with Gasteiger partial charge in [0, 0.05) is 18.1 Å². The van der Waals surface area contributed by atoms with E-state index in [1.165, 1.54) is 5.56 Å². The Morgan fingerprint density at radius 1 is 1.12 bits per heavy atom. The number of nitrogens with one attached hydrogen (secondary N) is 1. The van der Waals surface area contributed by atoms with E-state index in [9.17, 15) is 4.79 Å². The molecule has 1 amide bonds. The number of carbonyl (C=O) groups is 1. The predicted octanol–water partition coefficient (Wildman–Crippen LogP) is 3.70. The number of thioether (sulfide) groups is 1. The Labute approximate surface area is 156 Å². The van der Waals surface area contributed by atoms with Crippen LogP contribution in [-0.4, -0.2) is 31.4 Å². The maximum absolute atomic E-state index is 12.1. The van der Waals surface area contributed by atoms with Gasteiger partial charge in [-0.3, -0.25) is 4.79 Å². The molecule has 1 aliphatic rings. The fraction of sp³-hybridized carbons (Fsp3) is 0.316. The molecule has 2 aromatic rings. The minimum Gasteiger partial charge on any atom is -0.486 e. The van der Waals surface area contributed by atoms with Gasteiger partial charge < -0.3 is 14.8 Å². The first-order valence-electron chi connectivity index (χ1n) is 8.19. The molecule has 1 aliphatic heterocycles. The van der Waals surface area contributed by atoms with Crippen molar-refractivity contribution in [2.75, 3.05) is 25.5 Å². The molecule has 0 bridgehead atoms. The van der Waals surface area contributed by atoms with Gasteiger partial charge in [-0.25, -0.2) is 0 Å². The molecule has 0 saturated carbocycles. The van der Waals surface area contributed by atoms with Crippen molar-refractivity contribution in [3.05, 3.63) is 58.6 Å². The first-order valence-corrected chi connectivity index (χ1v) is 9.72. The molecule has 4 nitrogen and oxygen atoms in total. The fourth-order valence-electron chi connectivity index (χ4n) is 2.54. The summed E-state index contributed by atoms with van der Waals surface area (Å²) < 4.78 is 11.0. The van der Waals surface area contributed by atoms with E-state index < -0.39 is 0 Å². The van der Waals surface area contributed by atoms with Crippen LogP contribution in [0.25, 0.3) is 0 Å². The Morgan fingerprint density at radius 2 is 1.92 bits per heavy atom. The molecule has 0 unspecified atom stereocenters. The van der Waals surface area contributed by atoms with Gasteiger partial charge in [0.25, 0.3) is 0 Å². The van der Waals surface area contributed by atoms with Crippen LogP contribution < -0.4 is 14.8 Å². The van der Waals surface area contributed by atoms with E-state index in [4.69, 9.17) is 21.1 Å². The van der Waals surface area contributed by atoms with Gasteiger partial charge in [-0.05, 0) is 23.3 Å². The molecule has 2 aromatic carbocycles. The largest absolute Gasteiger partial charge is 0.486 e. The highest BCUT2D eigenvalue weighted by atomic mass is 35.5. The Hall–Kier alpha value is -1.85. The van der Waals surface area contributed by atoms with Gasteiger partial charge in [-0.1, -0.05) is 41.9 Å².